The molecule has 0 aliphatic carbocycles. The molecule has 140 valence electrons. The van der Waals surface area contributed by atoms with Crippen molar-refractivity contribution >= 4 is 11.9 Å². The van der Waals surface area contributed by atoms with Crippen LogP contribution in [0.3, 0.4) is 0 Å². The Hall–Kier alpha value is -1.98. The monoisotopic (exact) mass is 356 g/mol. The molecule has 1 aromatic rings. The van der Waals surface area contributed by atoms with E-state index in [9.17, 15) is 18.4 Å². The van der Waals surface area contributed by atoms with Crippen LogP contribution >= 0.6 is 0 Å². The fraction of sp³-hybridized carbons (Fsp3) is 0.579. The fourth-order valence-electron chi connectivity index (χ4n) is 2.29. The van der Waals surface area contributed by atoms with Gasteiger partial charge in [-0.2, -0.15) is 0 Å². The number of carbonyl (C=O) groups excluding carboxylic acids is 2. The van der Waals surface area contributed by atoms with Crippen molar-refractivity contribution < 1.29 is 27.8 Å². The molecule has 0 unspecified atom stereocenters. The van der Waals surface area contributed by atoms with E-state index in [1.165, 1.54) is 19.3 Å². The summed E-state index contributed by atoms with van der Waals surface area (Å²) in [6, 6.07) is 2.54. The highest BCUT2D eigenvalue weighted by atomic mass is 19.1. The molecule has 0 aliphatic heterocycles. The molecule has 0 fully saturated rings. The number of carbonyl (C=O) groups is 2. The van der Waals surface area contributed by atoms with E-state index in [1.54, 1.807) is 0 Å². The molecule has 0 saturated carbocycles. The van der Waals surface area contributed by atoms with Crippen molar-refractivity contribution in [3.05, 3.63) is 29.8 Å². The SMILES string of the molecule is CCCCCCCCOC(=O)CCCC(=O)Oc1cc(F)cc(F)c1. The second-order valence-electron chi connectivity index (χ2n) is 5.92. The van der Waals surface area contributed by atoms with Gasteiger partial charge in [-0.25, -0.2) is 8.78 Å². The average molecular weight is 356 g/mol. The quantitative estimate of drug-likeness (QED) is 0.302. The lowest BCUT2D eigenvalue weighted by Gasteiger charge is -2.06. The van der Waals surface area contributed by atoms with Crippen molar-refractivity contribution in [3.8, 4) is 5.75 Å². The molecule has 0 radical (unpaired) electrons. The Morgan fingerprint density at radius 3 is 2.12 bits per heavy atom. The smallest absolute Gasteiger partial charge is 0.311 e. The highest BCUT2D eigenvalue weighted by Gasteiger charge is 2.10. The molecule has 0 aliphatic rings. The van der Waals surface area contributed by atoms with Gasteiger partial charge in [0.25, 0.3) is 0 Å². The van der Waals surface area contributed by atoms with E-state index >= 15 is 0 Å². The third-order valence-electron chi connectivity index (χ3n) is 3.59. The van der Waals surface area contributed by atoms with Gasteiger partial charge in [-0.3, -0.25) is 9.59 Å². The van der Waals surface area contributed by atoms with E-state index in [0.717, 1.165) is 31.4 Å². The number of benzene rings is 1. The van der Waals surface area contributed by atoms with Gasteiger partial charge in [-0.05, 0) is 12.8 Å². The van der Waals surface area contributed by atoms with Crippen LogP contribution in [0.25, 0.3) is 0 Å². The molecular weight excluding hydrogens is 330 g/mol. The van der Waals surface area contributed by atoms with Crippen molar-refractivity contribution in [2.75, 3.05) is 6.61 Å². The first kappa shape index (κ1) is 21.1. The van der Waals surface area contributed by atoms with Gasteiger partial charge in [0.2, 0.25) is 0 Å². The summed E-state index contributed by atoms with van der Waals surface area (Å²) >= 11 is 0. The molecule has 25 heavy (non-hydrogen) atoms. The summed E-state index contributed by atoms with van der Waals surface area (Å²) in [5.41, 5.74) is 0. The summed E-state index contributed by atoms with van der Waals surface area (Å²) in [7, 11) is 0. The van der Waals surface area contributed by atoms with Gasteiger partial charge in [-0.15, -0.1) is 0 Å². The molecule has 0 N–H and O–H groups in total. The second-order valence-corrected chi connectivity index (χ2v) is 5.92. The second kappa shape index (κ2) is 12.4. The molecule has 0 amide bonds. The van der Waals surface area contributed by atoms with Crippen molar-refractivity contribution in [2.45, 2.75) is 64.7 Å². The van der Waals surface area contributed by atoms with Crippen molar-refractivity contribution in [1.29, 1.82) is 0 Å². The summed E-state index contributed by atoms with van der Waals surface area (Å²) in [5.74, 6) is -2.82. The summed E-state index contributed by atoms with van der Waals surface area (Å²) in [6.07, 6.45) is 7.05. The minimum atomic E-state index is -0.818. The predicted molar refractivity (Wildman–Crippen MR) is 90.2 cm³/mol. The van der Waals surface area contributed by atoms with Gasteiger partial charge in [0.15, 0.2) is 0 Å². The van der Waals surface area contributed by atoms with Crippen LogP contribution in [0.4, 0.5) is 8.78 Å². The van der Waals surface area contributed by atoms with E-state index < -0.39 is 17.6 Å². The molecule has 0 aromatic heterocycles. The lowest BCUT2D eigenvalue weighted by molar-refractivity contribution is -0.144. The third-order valence-corrected chi connectivity index (χ3v) is 3.59. The van der Waals surface area contributed by atoms with E-state index in [4.69, 9.17) is 9.47 Å². The summed E-state index contributed by atoms with van der Waals surface area (Å²) in [4.78, 5) is 23.1. The summed E-state index contributed by atoms with van der Waals surface area (Å²) in [6.45, 7) is 2.56. The largest absolute Gasteiger partial charge is 0.466 e. The number of unbranched alkanes of at least 4 members (excludes halogenated alkanes) is 5. The van der Waals surface area contributed by atoms with Crippen LogP contribution in [-0.4, -0.2) is 18.5 Å². The normalized spacial score (nSPS) is 10.5. The van der Waals surface area contributed by atoms with Crippen LogP contribution in [0, 0.1) is 11.6 Å². The standard InChI is InChI=1S/C19H26F2O4/c1-2-3-4-5-6-7-11-24-18(22)9-8-10-19(23)25-17-13-15(20)12-16(21)14-17/h12-14H,2-11H2,1H3. The van der Waals surface area contributed by atoms with Gasteiger partial charge >= 0.3 is 11.9 Å². The molecule has 0 bridgehead atoms. The van der Waals surface area contributed by atoms with Gasteiger partial charge in [0.1, 0.15) is 17.4 Å². The molecule has 1 rings (SSSR count). The number of rotatable bonds is 12. The minimum absolute atomic E-state index is 0.0236. The minimum Gasteiger partial charge on any atom is -0.466 e. The third kappa shape index (κ3) is 10.5. The van der Waals surface area contributed by atoms with Crippen molar-refractivity contribution in [2.24, 2.45) is 0 Å². The Labute approximate surface area is 147 Å². The Bertz CT molecular complexity index is 526. The fourth-order valence-corrected chi connectivity index (χ4v) is 2.29. The number of esters is 2. The Morgan fingerprint density at radius 2 is 1.44 bits per heavy atom. The van der Waals surface area contributed by atoms with Crippen LogP contribution in [0.5, 0.6) is 5.75 Å². The first-order chi connectivity index (χ1) is 12.0. The van der Waals surface area contributed by atoms with Crippen LogP contribution < -0.4 is 4.74 Å². The van der Waals surface area contributed by atoms with Gasteiger partial charge in [0.05, 0.1) is 6.61 Å². The number of hydrogen-bond donors (Lipinski definition) is 0. The predicted octanol–water partition coefficient (Wildman–Crippen LogP) is 4.94. The zero-order valence-corrected chi connectivity index (χ0v) is 14.7. The van der Waals surface area contributed by atoms with Gasteiger partial charge in [-0.1, -0.05) is 39.0 Å². The maximum Gasteiger partial charge on any atom is 0.311 e. The molecule has 0 saturated heterocycles. The zero-order valence-electron chi connectivity index (χ0n) is 14.7. The molecule has 0 atom stereocenters. The van der Waals surface area contributed by atoms with Crippen LogP contribution in [-0.2, 0) is 14.3 Å². The number of ether oxygens (including phenoxy) is 2. The molecular formula is C19H26F2O4. The molecule has 6 heteroatoms. The summed E-state index contributed by atoms with van der Waals surface area (Å²) < 4.78 is 35.9. The lowest BCUT2D eigenvalue weighted by atomic mass is 10.1. The average Bonchev–Trinajstić information content (AvgIpc) is 2.53. The van der Waals surface area contributed by atoms with Crippen molar-refractivity contribution in [1.82, 2.24) is 0 Å². The van der Waals surface area contributed by atoms with Crippen LogP contribution in [0.2, 0.25) is 0 Å². The van der Waals surface area contributed by atoms with E-state index in [0.29, 0.717) is 12.7 Å². The lowest BCUT2D eigenvalue weighted by Crippen LogP contribution is -2.10. The van der Waals surface area contributed by atoms with Crippen LogP contribution in [0.1, 0.15) is 64.7 Å². The first-order valence-electron chi connectivity index (χ1n) is 8.83. The van der Waals surface area contributed by atoms with Gasteiger partial charge < -0.3 is 9.47 Å². The molecule has 1 aromatic carbocycles. The topological polar surface area (TPSA) is 52.6 Å². The van der Waals surface area contributed by atoms with E-state index in [1.807, 2.05) is 0 Å². The Balaban J connectivity index is 2.09. The van der Waals surface area contributed by atoms with Crippen molar-refractivity contribution in [3.63, 3.8) is 0 Å². The Morgan fingerprint density at radius 1 is 0.840 bits per heavy atom. The number of hydrogen-bond acceptors (Lipinski definition) is 4. The maximum atomic E-state index is 13.0. The Kier molecular flexibility index (Phi) is 10.4. The number of halogens is 2. The van der Waals surface area contributed by atoms with Gasteiger partial charge in [0, 0.05) is 31.0 Å². The summed E-state index contributed by atoms with van der Waals surface area (Å²) in [5, 5.41) is 0. The molecule has 0 spiro atoms. The van der Waals surface area contributed by atoms with Crippen LogP contribution in [0.15, 0.2) is 18.2 Å². The zero-order chi connectivity index (χ0) is 18.5. The van der Waals surface area contributed by atoms with E-state index in [-0.39, 0.29) is 31.0 Å². The first-order valence-corrected chi connectivity index (χ1v) is 8.83. The molecule has 4 nitrogen and oxygen atoms in total. The maximum absolute atomic E-state index is 13.0. The highest BCUT2D eigenvalue weighted by molar-refractivity contribution is 5.74. The van der Waals surface area contributed by atoms with E-state index in [2.05, 4.69) is 6.92 Å². The molecule has 0 heterocycles. The highest BCUT2D eigenvalue weighted by Crippen LogP contribution is 2.16.